The fourth-order valence-electron chi connectivity index (χ4n) is 6.61. The largest absolute Gasteiger partial charge is 0.545 e. The average molecular weight is 756 g/mol. The fourth-order valence-corrected chi connectivity index (χ4v) is 6.61. The van der Waals surface area contributed by atoms with Crippen LogP contribution in [0.3, 0.4) is 0 Å². The fraction of sp³-hybridized carbons (Fsp3) is 0.211. The third kappa shape index (κ3) is 8.36. The topological polar surface area (TPSA) is 287 Å². The monoisotopic (exact) mass is 755 g/mol. The molecule has 18 nitrogen and oxygen atoms in total. The number of amides is 1. The first-order chi connectivity index (χ1) is 26.8. The molecule has 2 aliphatic heterocycles. The molecule has 0 saturated carbocycles. The van der Waals surface area contributed by atoms with E-state index in [1.165, 1.54) is 48.5 Å². The van der Waals surface area contributed by atoms with Crippen LogP contribution in [0.5, 0.6) is 0 Å². The van der Waals surface area contributed by atoms with E-state index >= 15 is 0 Å². The summed E-state index contributed by atoms with van der Waals surface area (Å²) in [5.74, 6) is -6.60. The van der Waals surface area contributed by atoms with Crippen LogP contribution in [-0.4, -0.2) is 77.6 Å². The predicted molar refractivity (Wildman–Crippen MR) is 184 cm³/mol. The lowest BCUT2D eigenvalue weighted by atomic mass is 10.1. The second-order valence-electron chi connectivity index (χ2n) is 13.3. The van der Waals surface area contributed by atoms with Crippen molar-refractivity contribution in [3.8, 4) is 22.8 Å². The maximum absolute atomic E-state index is 13.4. The molecule has 0 unspecified atom stereocenters. The van der Waals surface area contributed by atoms with Gasteiger partial charge in [-0.05, 0) is 60.7 Å². The molecule has 5 aromatic heterocycles. The summed E-state index contributed by atoms with van der Waals surface area (Å²) in [6.07, 6.45) is 0. The maximum atomic E-state index is 13.4. The predicted octanol–water partition coefficient (Wildman–Crippen LogP) is -2.83. The summed E-state index contributed by atoms with van der Waals surface area (Å²) in [6, 6.07) is 13.0. The summed E-state index contributed by atoms with van der Waals surface area (Å²) in [4.78, 5) is 89.4. The van der Waals surface area contributed by atoms with Gasteiger partial charge in [0.05, 0.1) is 80.8 Å². The first-order valence-corrected chi connectivity index (χ1v) is 17.1. The highest BCUT2D eigenvalue weighted by Crippen LogP contribution is 2.27. The van der Waals surface area contributed by atoms with Crippen molar-refractivity contribution < 1.29 is 44.4 Å². The van der Waals surface area contributed by atoms with E-state index in [4.69, 9.17) is 10.7 Å². The molecule has 1 amide bonds. The molecule has 0 aromatic carbocycles. The van der Waals surface area contributed by atoms with Gasteiger partial charge in [-0.2, -0.15) is 0 Å². The summed E-state index contributed by atoms with van der Waals surface area (Å²) in [5, 5.41) is 51.9. The van der Waals surface area contributed by atoms with Crippen LogP contribution >= 0.6 is 0 Å². The smallest absolute Gasteiger partial charge is 0.251 e. The maximum Gasteiger partial charge on any atom is 0.251 e. The number of nitrogens with one attached hydrogen (secondary N) is 1. The van der Waals surface area contributed by atoms with E-state index in [1.54, 1.807) is 21.9 Å². The van der Waals surface area contributed by atoms with Crippen molar-refractivity contribution in [2.24, 2.45) is 5.73 Å². The highest BCUT2D eigenvalue weighted by Gasteiger charge is 2.22. The number of carbonyl (C=O) groups excluding carboxylic acids is 5. The number of carboxylic acids is 4. The number of fused-ring (bicyclic) bond motifs is 12. The van der Waals surface area contributed by atoms with Crippen LogP contribution in [0.15, 0.2) is 60.7 Å². The lowest BCUT2D eigenvalue weighted by Gasteiger charge is -2.24. The van der Waals surface area contributed by atoms with E-state index in [2.05, 4.69) is 25.3 Å². The van der Waals surface area contributed by atoms with Crippen LogP contribution in [0.2, 0.25) is 0 Å². The van der Waals surface area contributed by atoms with E-state index in [9.17, 15) is 44.4 Å². The lowest BCUT2D eigenvalue weighted by molar-refractivity contribution is -0.256. The number of nitrogens with zero attached hydrogens (tertiary/aromatic N) is 7. The van der Waals surface area contributed by atoms with E-state index in [1.807, 2.05) is 0 Å². The Balaban J connectivity index is 1.53. The van der Waals surface area contributed by atoms with Crippen LogP contribution < -0.4 is 31.5 Å². The number of aromatic nitrogens is 5. The summed E-state index contributed by atoms with van der Waals surface area (Å²) in [5.41, 5.74) is 6.24. The molecular formula is C38H29N9O9-4. The van der Waals surface area contributed by atoms with Crippen molar-refractivity contribution in [3.63, 3.8) is 0 Å². The molecular weight excluding hydrogens is 726 g/mol. The van der Waals surface area contributed by atoms with Gasteiger partial charge >= 0.3 is 0 Å². The van der Waals surface area contributed by atoms with E-state index in [-0.39, 0.29) is 126 Å². The first kappa shape index (κ1) is 37.3. The van der Waals surface area contributed by atoms with Crippen LogP contribution in [0.4, 0.5) is 0 Å². The van der Waals surface area contributed by atoms with E-state index < -0.39 is 29.8 Å². The standard InChI is InChI=1S/C38H33N9O9/c39-1-2-40-34(48)19-3-24-13-46-15-26-5-20(35(49)50)9-30(42-26)32-11-22(37(53)54)7-28(44-32)17-47(14-25(4-19)41-24)18-29-8-23(38(55)56)12-33(45-29)31-10-21(36(51)52)6-27(16-46)43-31/h3-12H,1-2,13-18,39H2,(H,40,48)(H,49,50)(H,51,52)(H,53,54)(H,55,56)/p-4. The summed E-state index contributed by atoms with van der Waals surface area (Å²) >= 11 is 0. The average Bonchev–Trinajstić information content (AvgIpc) is 3.15. The van der Waals surface area contributed by atoms with Crippen molar-refractivity contribution in [2.75, 3.05) is 13.1 Å². The number of hydrogen-bond acceptors (Lipinski definition) is 17. The zero-order valence-electron chi connectivity index (χ0n) is 29.3. The molecule has 3 N–H and O–H groups in total. The van der Waals surface area contributed by atoms with Crippen LogP contribution in [-0.2, 0) is 39.3 Å². The molecule has 284 valence electrons. The van der Waals surface area contributed by atoms with Gasteiger partial charge in [-0.3, -0.25) is 19.6 Å². The molecule has 0 spiro atoms. The quantitative estimate of drug-likeness (QED) is 0.169. The molecule has 2 aliphatic rings. The van der Waals surface area contributed by atoms with Crippen LogP contribution in [0.25, 0.3) is 22.8 Å². The van der Waals surface area contributed by atoms with Gasteiger partial charge in [-0.15, -0.1) is 0 Å². The Morgan fingerprint density at radius 3 is 1.00 bits per heavy atom. The minimum atomic E-state index is -1.54. The number of carbonyl (C=O) groups is 5. The van der Waals surface area contributed by atoms with Gasteiger partial charge in [0.2, 0.25) is 0 Å². The highest BCUT2D eigenvalue weighted by molar-refractivity contribution is 5.94. The minimum absolute atomic E-state index is 0.00813. The highest BCUT2D eigenvalue weighted by atomic mass is 16.4. The SMILES string of the molecule is NCCNC(=O)c1cc2nc(c1)CN1Cc3cc(C(=O)[O-])cc(n3)-c3cc(C(=O)[O-])cc(n3)CN(C2)Cc2cc(C(=O)[O-])cc(n2)-c2cc(C(=O)[O-])cc(n2)C1. The number of pyridine rings is 5. The van der Waals surface area contributed by atoms with Crippen molar-refractivity contribution in [2.45, 2.75) is 39.3 Å². The summed E-state index contributed by atoms with van der Waals surface area (Å²) in [6.45, 7) is -0.144. The second-order valence-corrected chi connectivity index (χ2v) is 13.3. The van der Waals surface area contributed by atoms with Gasteiger partial charge in [-0.1, -0.05) is 0 Å². The Kier molecular flexibility index (Phi) is 10.2. The Labute approximate surface area is 317 Å². The van der Waals surface area contributed by atoms with E-state index in [0.29, 0.717) is 11.4 Å². The molecule has 0 fully saturated rings. The van der Waals surface area contributed by atoms with Crippen molar-refractivity contribution >= 4 is 29.8 Å². The number of nitrogens with two attached hydrogens (primary N) is 1. The van der Waals surface area contributed by atoms with Gasteiger partial charge in [0.15, 0.2) is 0 Å². The minimum Gasteiger partial charge on any atom is -0.545 e. The van der Waals surface area contributed by atoms with Crippen molar-refractivity contribution in [1.29, 1.82) is 0 Å². The molecule has 0 saturated heterocycles. The van der Waals surface area contributed by atoms with Gasteiger partial charge in [0, 0.05) is 80.2 Å². The first-order valence-electron chi connectivity index (χ1n) is 17.1. The summed E-state index contributed by atoms with van der Waals surface area (Å²) < 4.78 is 0. The molecule has 0 aliphatic carbocycles. The molecule has 0 radical (unpaired) electrons. The van der Waals surface area contributed by atoms with Gasteiger partial charge in [0.1, 0.15) is 0 Å². The third-order valence-electron chi connectivity index (χ3n) is 8.92. The molecule has 5 aromatic rings. The van der Waals surface area contributed by atoms with Gasteiger partial charge < -0.3 is 50.7 Å². The Hall–Kier alpha value is -7.02. The zero-order valence-corrected chi connectivity index (χ0v) is 29.3. The van der Waals surface area contributed by atoms with Gasteiger partial charge in [-0.25, -0.2) is 19.9 Å². The summed E-state index contributed by atoms with van der Waals surface area (Å²) in [7, 11) is 0. The molecule has 7 rings (SSSR count). The zero-order chi connectivity index (χ0) is 39.7. The molecule has 56 heavy (non-hydrogen) atoms. The van der Waals surface area contributed by atoms with E-state index in [0.717, 1.165) is 0 Å². The second kappa shape index (κ2) is 15.4. The number of hydrogen-bond donors (Lipinski definition) is 2. The normalized spacial score (nSPS) is 15.9. The molecule has 18 heteroatoms. The van der Waals surface area contributed by atoms with Gasteiger partial charge in [0.25, 0.3) is 5.91 Å². The number of rotatable bonds is 7. The third-order valence-corrected chi connectivity index (χ3v) is 8.92. The Morgan fingerprint density at radius 2 is 0.732 bits per heavy atom. The van der Waals surface area contributed by atoms with Crippen molar-refractivity contribution in [3.05, 3.63) is 123 Å². The van der Waals surface area contributed by atoms with Crippen LogP contribution in [0, 0.1) is 0 Å². The number of aromatic carboxylic acids is 4. The van der Waals surface area contributed by atoms with Crippen molar-refractivity contribution in [1.82, 2.24) is 40.0 Å². The molecule has 7 heterocycles. The molecule has 0 atom stereocenters. The lowest BCUT2D eigenvalue weighted by Crippen LogP contribution is -2.30. The Bertz CT molecular complexity index is 2170. The van der Waals surface area contributed by atoms with Crippen LogP contribution in [0.1, 0.15) is 86.0 Å². The Morgan fingerprint density at radius 1 is 0.464 bits per heavy atom. The molecule has 12 bridgehead atoms. The number of carboxylic acid groups (broad SMARTS) is 4.